The Morgan fingerprint density at radius 2 is 1.70 bits per heavy atom. The van der Waals surface area contributed by atoms with Crippen LogP contribution in [0.1, 0.15) is 29.3 Å². The molecule has 23 heavy (non-hydrogen) atoms. The quantitative estimate of drug-likeness (QED) is 0.870. The van der Waals surface area contributed by atoms with Crippen LogP contribution in [-0.4, -0.2) is 47.0 Å². The summed E-state index contributed by atoms with van der Waals surface area (Å²) < 4.78 is 0. The number of nitrogens with zero attached hydrogens (tertiary/aromatic N) is 4. The SMILES string of the molecule is CCCc1cnc(N2CCN(C(=O)c3ccccc3)CC2)nc1. The molecule has 5 heteroatoms. The van der Waals surface area contributed by atoms with E-state index in [0.717, 1.165) is 37.4 Å². The lowest BCUT2D eigenvalue weighted by molar-refractivity contribution is 0.0746. The molecular formula is C18H22N4O. The lowest BCUT2D eigenvalue weighted by Crippen LogP contribution is -2.49. The minimum Gasteiger partial charge on any atom is -0.337 e. The fraction of sp³-hybridized carbons (Fsp3) is 0.389. The van der Waals surface area contributed by atoms with E-state index in [1.807, 2.05) is 47.6 Å². The van der Waals surface area contributed by atoms with E-state index in [2.05, 4.69) is 21.8 Å². The lowest BCUT2D eigenvalue weighted by Gasteiger charge is -2.34. The van der Waals surface area contributed by atoms with Crippen molar-refractivity contribution in [1.29, 1.82) is 0 Å². The molecule has 0 N–H and O–H groups in total. The van der Waals surface area contributed by atoms with Crippen molar-refractivity contribution in [1.82, 2.24) is 14.9 Å². The van der Waals surface area contributed by atoms with Crippen LogP contribution in [0.15, 0.2) is 42.7 Å². The van der Waals surface area contributed by atoms with Gasteiger partial charge < -0.3 is 9.80 Å². The molecule has 2 heterocycles. The van der Waals surface area contributed by atoms with Gasteiger partial charge in [-0.2, -0.15) is 0 Å². The molecule has 1 saturated heterocycles. The van der Waals surface area contributed by atoms with Gasteiger partial charge in [-0.1, -0.05) is 31.5 Å². The second kappa shape index (κ2) is 7.22. The van der Waals surface area contributed by atoms with Gasteiger partial charge in [0.1, 0.15) is 0 Å². The number of benzene rings is 1. The number of aromatic nitrogens is 2. The molecule has 0 atom stereocenters. The van der Waals surface area contributed by atoms with Crippen LogP contribution in [0.4, 0.5) is 5.95 Å². The number of hydrogen-bond acceptors (Lipinski definition) is 4. The molecule has 1 aromatic carbocycles. The van der Waals surface area contributed by atoms with Gasteiger partial charge in [0.2, 0.25) is 5.95 Å². The number of amides is 1. The zero-order valence-electron chi connectivity index (χ0n) is 13.5. The minimum absolute atomic E-state index is 0.101. The number of anilines is 1. The minimum atomic E-state index is 0.101. The van der Waals surface area contributed by atoms with Crippen LogP contribution in [0, 0.1) is 0 Å². The largest absolute Gasteiger partial charge is 0.337 e. The highest BCUT2D eigenvalue weighted by Gasteiger charge is 2.23. The molecule has 3 rings (SSSR count). The maximum atomic E-state index is 12.4. The van der Waals surface area contributed by atoms with Crippen molar-refractivity contribution in [2.75, 3.05) is 31.1 Å². The van der Waals surface area contributed by atoms with Gasteiger partial charge in [-0.15, -0.1) is 0 Å². The fourth-order valence-corrected chi connectivity index (χ4v) is 2.80. The molecule has 1 aliphatic rings. The Labute approximate surface area is 137 Å². The predicted molar refractivity (Wildman–Crippen MR) is 90.6 cm³/mol. The molecule has 5 nitrogen and oxygen atoms in total. The maximum Gasteiger partial charge on any atom is 0.253 e. The number of rotatable bonds is 4. The van der Waals surface area contributed by atoms with Gasteiger partial charge in [-0.25, -0.2) is 9.97 Å². The van der Waals surface area contributed by atoms with Crippen molar-refractivity contribution in [3.05, 3.63) is 53.9 Å². The number of aryl methyl sites for hydroxylation is 1. The standard InChI is InChI=1S/C18H22N4O/c1-2-6-15-13-19-18(20-14-15)22-11-9-21(10-12-22)17(23)16-7-4-3-5-8-16/h3-5,7-8,13-14H,2,6,9-12H2,1H3. The summed E-state index contributed by atoms with van der Waals surface area (Å²) in [5.41, 5.74) is 1.93. The number of carbonyl (C=O) groups is 1. The first-order chi connectivity index (χ1) is 11.3. The van der Waals surface area contributed by atoms with Crippen LogP contribution in [0.2, 0.25) is 0 Å². The van der Waals surface area contributed by atoms with Crippen molar-refractivity contribution >= 4 is 11.9 Å². The summed E-state index contributed by atoms with van der Waals surface area (Å²) in [5.74, 6) is 0.862. The first-order valence-electron chi connectivity index (χ1n) is 8.18. The van der Waals surface area contributed by atoms with Crippen LogP contribution in [0.5, 0.6) is 0 Å². The normalized spacial score (nSPS) is 14.8. The Hall–Kier alpha value is -2.43. The molecule has 1 aliphatic heterocycles. The summed E-state index contributed by atoms with van der Waals surface area (Å²) in [4.78, 5) is 25.4. The molecule has 0 unspecified atom stereocenters. The van der Waals surface area contributed by atoms with E-state index in [1.165, 1.54) is 5.56 Å². The van der Waals surface area contributed by atoms with Gasteiger partial charge in [-0.05, 0) is 24.1 Å². The first-order valence-corrected chi connectivity index (χ1v) is 8.18. The van der Waals surface area contributed by atoms with E-state index in [1.54, 1.807) is 0 Å². The van der Waals surface area contributed by atoms with Crippen molar-refractivity contribution in [3.8, 4) is 0 Å². The highest BCUT2D eigenvalue weighted by Crippen LogP contribution is 2.13. The second-order valence-electron chi connectivity index (χ2n) is 5.79. The zero-order chi connectivity index (χ0) is 16.1. The van der Waals surface area contributed by atoms with Gasteiger partial charge in [0.05, 0.1) is 0 Å². The molecule has 0 spiro atoms. The van der Waals surface area contributed by atoms with Gasteiger partial charge in [0.25, 0.3) is 5.91 Å². The third-order valence-corrected chi connectivity index (χ3v) is 4.10. The monoisotopic (exact) mass is 310 g/mol. The van der Waals surface area contributed by atoms with Crippen LogP contribution < -0.4 is 4.90 Å². The van der Waals surface area contributed by atoms with Crippen molar-refractivity contribution in [2.24, 2.45) is 0 Å². The Balaban J connectivity index is 1.59. The van der Waals surface area contributed by atoms with E-state index in [9.17, 15) is 4.79 Å². The second-order valence-corrected chi connectivity index (χ2v) is 5.79. The predicted octanol–water partition coefficient (Wildman–Crippen LogP) is 2.39. The van der Waals surface area contributed by atoms with Gasteiger partial charge in [0.15, 0.2) is 0 Å². The van der Waals surface area contributed by atoms with Crippen LogP contribution >= 0.6 is 0 Å². The third kappa shape index (κ3) is 3.67. The summed E-state index contributed by atoms with van der Waals surface area (Å²) in [7, 11) is 0. The molecule has 120 valence electrons. The Morgan fingerprint density at radius 3 is 2.30 bits per heavy atom. The zero-order valence-corrected chi connectivity index (χ0v) is 13.5. The molecule has 1 amide bonds. The number of hydrogen-bond donors (Lipinski definition) is 0. The smallest absolute Gasteiger partial charge is 0.253 e. The Morgan fingerprint density at radius 1 is 1.04 bits per heavy atom. The summed E-state index contributed by atoms with van der Waals surface area (Å²) in [5, 5.41) is 0. The molecule has 1 fully saturated rings. The maximum absolute atomic E-state index is 12.4. The van der Waals surface area contributed by atoms with Gasteiger partial charge >= 0.3 is 0 Å². The summed E-state index contributed by atoms with van der Waals surface area (Å²) in [6.45, 7) is 5.09. The van der Waals surface area contributed by atoms with Gasteiger partial charge in [0, 0.05) is 44.1 Å². The summed E-state index contributed by atoms with van der Waals surface area (Å²) >= 11 is 0. The Kier molecular flexibility index (Phi) is 4.86. The molecule has 0 saturated carbocycles. The van der Waals surface area contributed by atoms with E-state index in [0.29, 0.717) is 13.1 Å². The van der Waals surface area contributed by atoms with E-state index in [-0.39, 0.29) is 5.91 Å². The third-order valence-electron chi connectivity index (χ3n) is 4.10. The topological polar surface area (TPSA) is 49.3 Å². The highest BCUT2D eigenvalue weighted by atomic mass is 16.2. The van der Waals surface area contributed by atoms with Gasteiger partial charge in [-0.3, -0.25) is 4.79 Å². The van der Waals surface area contributed by atoms with E-state index < -0.39 is 0 Å². The Bertz CT molecular complexity index is 634. The lowest BCUT2D eigenvalue weighted by atomic mass is 10.2. The van der Waals surface area contributed by atoms with Crippen LogP contribution in [-0.2, 0) is 6.42 Å². The number of piperazine rings is 1. The van der Waals surface area contributed by atoms with Crippen molar-refractivity contribution in [2.45, 2.75) is 19.8 Å². The van der Waals surface area contributed by atoms with Crippen LogP contribution in [0.3, 0.4) is 0 Å². The van der Waals surface area contributed by atoms with E-state index in [4.69, 9.17) is 0 Å². The molecule has 0 radical (unpaired) electrons. The van der Waals surface area contributed by atoms with Crippen molar-refractivity contribution in [3.63, 3.8) is 0 Å². The average Bonchev–Trinajstić information content (AvgIpc) is 2.63. The van der Waals surface area contributed by atoms with E-state index >= 15 is 0 Å². The molecule has 1 aromatic heterocycles. The van der Waals surface area contributed by atoms with Crippen LogP contribution in [0.25, 0.3) is 0 Å². The first kappa shape index (κ1) is 15.5. The molecule has 0 bridgehead atoms. The highest BCUT2D eigenvalue weighted by molar-refractivity contribution is 5.94. The summed E-state index contributed by atoms with van der Waals surface area (Å²) in [6, 6.07) is 9.45. The summed E-state index contributed by atoms with van der Waals surface area (Å²) in [6.07, 6.45) is 5.93. The van der Waals surface area contributed by atoms with Crippen molar-refractivity contribution < 1.29 is 4.79 Å². The molecular weight excluding hydrogens is 288 g/mol. The molecule has 0 aliphatic carbocycles. The number of carbonyl (C=O) groups excluding carboxylic acids is 1. The fourth-order valence-electron chi connectivity index (χ4n) is 2.80. The molecule has 2 aromatic rings. The average molecular weight is 310 g/mol.